The van der Waals surface area contributed by atoms with Gasteiger partial charge in [0.05, 0.1) is 19.3 Å². The van der Waals surface area contributed by atoms with E-state index in [1.54, 1.807) is 7.11 Å². The molecule has 4 nitrogen and oxygen atoms in total. The molecule has 1 atom stereocenters. The number of benzene rings is 1. The molecule has 1 rings (SSSR count). The fourth-order valence-corrected chi connectivity index (χ4v) is 1.69. The molecular formula is C13H18ClNO3. The molecule has 18 heavy (non-hydrogen) atoms. The van der Waals surface area contributed by atoms with E-state index in [2.05, 4.69) is 5.32 Å². The maximum absolute atomic E-state index is 11.6. The third-order valence-electron chi connectivity index (χ3n) is 2.36. The van der Waals surface area contributed by atoms with Crippen LogP contribution in [0.3, 0.4) is 0 Å². The van der Waals surface area contributed by atoms with Gasteiger partial charge in [0.15, 0.2) is 0 Å². The Morgan fingerprint density at radius 1 is 1.33 bits per heavy atom. The molecule has 0 aromatic heterocycles. The summed E-state index contributed by atoms with van der Waals surface area (Å²) < 4.78 is 9.95. The molecule has 0 aliphatic carbocycles. The number of halogens is 1. The lowest BCUT2D eigenvalue weighted by molar-refractivity contribution is -0.126. The Balaban J connectivity index is 2.37. The van der Waals surface area contributed by atoms with E-state index < -0.39 is 0 Å². The Morgan fingerprint density at radius 2 is 2.06 bits per heavy atom. The molecule has 0 saturated carbocycles. The summed E-state index contributed by atoms with van der Waals surface area (Å²) in [6.07, 6.45) is 0. The summed E-state index contributed by atoms with van der Waals surface area (Å²) in [5.74, 6) is 0.147. The first-order valence-corrected chi connectivity index (χ1v) is 6.28. The van der Waals surface area contributed by atoms with Crippen LogP contribution in [0.15, 0.2) is 30.3 Å². The molecule has 0 aliphatic rings. The molecule has 0 saturated heterocycles. The maximum Gasteiger partial charge on any atom is 0.246 e. The first-order valence-electron chi connectivity index (χ1n) is 5.75. The van der Waals surface area contributed by atoms with Crippen LogP contribution in [0.2, 0.25) is 0 Å². The summed E-state index contributed by atoms with van der Waals surface area (Å²) in [6.45, 7) is 0.898. The van der Waals surface area contributed by atoms with Gasteiger partial charge >= 0.3 is 0 Å². The topological polar surface area (TPSA) is 47.6 Å². The zero-order chi connectivity index (χ0) is 13.2. The Morgan fingerprint density at radius 3 is 2.67 bits per heavy atom. The lowest BCUT2D eigenvalue weighted by Crippen LogP contribution is -2.32. The van der Waals surface area contributed by atoms with Crippen LogP contribution in [0.25, 0.3) is 0 Å². The van der Waals surface area contributed by atoms with Crippen LogP contribution < -0.4 is 5.32 Å². The largest absolute Gasteiger partial charge is 0.382 e. The van der Waals surface area contributed by atoms with Crippen LogP contribution in [0, 0.1) is 0 Å². The highest BCUT2D eigenvalue weighted by Gasteiger charge is 2.12. The number of rotatable bonds is 8. The highest BCUT2D eigenvalue weighted by Crippen LogP contribution is 2.13. The van der Waals surface area contributed by atoms with Crippen molar-refractivity contribution in [3.8, 4) is 0 Å². The smallest absolute Gasteiger partial charge is 0.246 e. The van der Waals surface area contributed by atoms with E-state index in [4.69, 9.17) is 21.1 Å². The van der Waals surface area contributed by atoms with Crippen LogP contribution in [0.4, 0.5) is 0 Å². The number of carbonyl (C=O) groups is 1. The average Bonchev–Trinajstić information content (AvgIpc) is 2.42. The van der Waals surface area contributed by atoms with Crippen LogP contribution in [0.1, 0.15) is 11.6 Å². The van der Waals surface area contributed by atoms with Crippen molar-refractivity contribution in [1.29, 1.82) is 0 Å². The zero-order valence-corrected chi connectivity index (χ0v) is 11.2. The van der Waals surface area contributed by atoms with Crippen LogP contribution >= 0.6 is 11.6 Å². The number of ether oxygens (including phenoxy) is 2. The van der Waals surface area contributed by atoms with Gasteiger partial charge in [-0.1, -0.05) is 30.3 Å². The van der Waals surface area contributed by atoms with Crippen molar-refractivity contribution < 1.29 is 14.3 Å². The number of hydrogen-bond acceptors (Lipinski definition) is 3. The monoisotopic (exact) mass is 271 g/mol. The lowest BCUT2D eigenvalue weighted by atomic mass is 10.1. The van der Waals surface area contributed by atoms with Crippen molar-refractivity contribution in [3.63, 3.8) is 0 Å². The molecule has 0 aliphatic heterocycles. The number of methoxy groups -OCH3 is 1. The van der Waals surface area contributed by atoms with E-state index in [1.165, 1.54) is 0 Å². The molecule has 1 aromatic carbocycles. The van der Waals surface area contributed by atoms with Crippen molar-refractivity contribution in [3.05, 3.63) is 35.9 Å². The second-order valence-electron chi connectivity index (χ2n) is 3.73. The van der Waals surface area contributed by atoms with Gasteiger partial charge < -0.3 is 14.8 Å². The number of alkyl halides is 1. The molecule has 0 fully saturated rings. The molecule has 1 aromatic rings. The molecule has 5 heteroatoms. The van der Waals surface area contributed by atoms with E-state index >= 15 is 0 Å². The van der Waals surface area contributed by atoms with Crippen molar-refractivity contribution in [2.75, 3.05) is 32.8 Å². The van der Waals surface area contributed by atoms with E-state index in [1.807, 2.05) is 30.3 Å². The summed E-state index contributed by atoms with van der Waals surface area (Å²) in [5, 5.41) is 2.82. The number of amides is 1. The summed E-state index contributed by atoms with van der Waals surface area (Å²) in [4.78, 5) is 11.6. The van der Waals surface area contributed by atoms with Gasteiger partial charge in [0, 0.05) is 13.0 Å². The van der Waals surface area contributed by atoms with Crippen molar-refractivity contribution in [2.45, 2.75) is 6.04 Å². The Bertz CT molecular complexity index is 345. The second kappa shape index (κ2) is 8.91. The minimum absolute atomic E-state index is 0.0174. The molecule has 0 heterocycles. The summed E-state index contributed by atoms with van der Waals surface area (Å²) in [7, 11) is 1.59. The fraction of sp³-hybridized carbons (Fsp3) is 0.462. The molecule has 100 valence electrons. The standard InChI is InChI=1S/C13H18ClNO3/c1-17-7-8-18-10-13(16)15-12(9-14)11-5-3-2-4-6-11/h2-6,12H,7-10H2,1H3,(H,15,16). The Kier molecular flexibility index (Phi) is 7.41. The molecule has 1 amide bonds. The molecular weight excluding hydrogens is 254 g/mol. The second-order valence-corrected chi connectivity index (χ2v) is 4.04. The van der Waals surface area contributed by atoms with Crippen molar-refractivity contribution in [2.24, 2.45) is 0 Å². The Hall–Kier alpha value is -1.10. The predicted molar refractivity (Wildman–Crippen MR) is 70.7 cm³/mol. The Labute approximate surface area is 112 Å². The summed E-state index contributed by atoms with van der Waals surface area (Å²) in [6, 6.07) is 9.42. The first-order chi connectivity index (χ1) is 8.77. The van der Waals surface area contributed by atoms with Gasteiger partial charge in [-0.05, 0) is 5.56 Å². The van der Waals surface area contributed by atoms with Gasteiger partial charge in [-0.2, -0.15) is 0 Å². The third kappa shape index (κ3) is 5.49. The normalized spacial score (nSPS) is 12.1. The van der Waals surface area contributed by atoms with Crippen LogP contribution in [-0.4, -0.2) is 38.7 Å². The predicted octanol–water partition coefficient (Wildman–Crippen LogP) is 1.75. The summed E-state index contributed by atoms with van der Waals surface area (Å²) >= 11 is 5.85. The van der Waals surface area contributed by atoms with E-state index in [9.17, 15) is 4.79 Å². The van der Waals surface area contributed by atoms with E-state index in [-0.39, 0.29) is 18.6 Å². The molecule has 1 unspecified atom stereocenters. The molecule has 0 bridgehead atoms. The summed E-state index contributed by atoms with van der Waals surface area (Å²) in [5.41, 5.74) is 0.984. The van der Waals surface area contributed by atoms with Gasteiger partial charge in [0.25, 0.3) is 0 Å². The maximum atomic E-state index is 11.6. The zero-order valence-electron chi connectivity index (χ0n) is 10.4. The van der Waals surface area contributed by atoms with Gasteiger partial charge in [0.2, 0.25) is 5.91 Å². The van der Waals surface area contributed by atoms with E-state index in [0.717, 1.165) is 5.56 Å². The first kappa shape index (κ1) is 15.0. The SMILES string of the molecule is COCCOCC(=O)NC(CCl)c1ccccc1. The van der Waals surface area contributed by atoms with Gasteiger partial charge in [-0.15, -0.1) is 11.6 Å². The number of nitrogens with one attached hydrogen (secondary N) is 1. The number of carbonyl (C=O) groups excluding carboxylic acids is 1. The van der Waals surface area contributed by atoms with E-state index in [0.29, 0.717) is 19.1 Å². The highest BCUT2D eigenvalue weighted by atomic mass is 35.5. The minimum atomic E-state index is -0.189. The van der Waals surface area contributed by atoms with Gasteiger partial charge in [-0.25, -0.2) is 0 Å². The quantitative estimate of drug-likeness (QED) is 0.579. The van der Waals surface area contributed by atoms with Crippen molar-refractivity contribution >= 4 is 17.5 Å². The average molecular weight is 272 g/mol. The van der Waals surface area contributed by atoms with Crippen LogP contribution in [-0.2, 0) is 14.3 Å². The fourth-order valence-electron chi connectivity index (χ4n) is 1.44. The van der Waals surface area contributed by atoms with Gasteiger partial charge in [-0.3, -0.25) is 4.79 Å². The van der Waals surface area contributed by atoms with Crippen molar-refractivity contribution in [1.82, 2.24) is 5.32 Å². The molecule has 0 radical (unpaired) electrons. The highest BCUT2D eigenvalue weighted by molar-refractivity contribution is 6.18. The molecule has 1 N–H and O–H groups in total. The van der Waals surface area contributed by atoms with Gasteiger partial charge in [0.1, 0.15) is 6.61 Å². The number of hydrogen-bond donors (Lipinski definition) is 1. The third-order valence-corrected chi connectivity index (χ3v) is 2.67. The minimum Gasteiger partial charge on any atom is -0.382 e. The lowest BCUT2D eigenvalue weighted by Gasteiger charge is -2.16. The van der Waals surface area contributed by atoms with Crippen LogP contribution in [0.5, 0.6) is 0 Å². The molecule has 0 spiro atoms.